The zero-order chi connectivity index (χ0) is 19.1. The fraction of sp³-hybridized carbons (Fsp3) is 0.333. The Labute approximate surface area is 159 Å². The minimum atomic E-state index is -0.102. The van der Waals surface area contributed by atoms with Gasteiger partial charge in [-0.3, -0.25) is 14.5 Å². The summed E-state index contributed by atoms with van der Waals surface area (Å²) < 4.78 is 5.84. The van der Waals surface area contributed by atoms with E-state index in [1.807, 2.05) is 42.5 Å². The van der Waals surface area contributed by atoms with Gasteiger partial charge in [-0.1, -0.05) is 42.5 Å². The lowest BCUT2D eigenvalue weighted by atomic mass is 10.1. The Bertz CT molecular complexity index is 762. The van der Waals surface area contributed by atoms with Crippen molar-refractivity contribution in [2.45, 2.75) is 19.6 Å². The summed E-state index contributed by atoms with van der Waals surface area (Å²) in [6.45, 7) is 4.38. The second-order valence-corrected chi connectivity index (χ2v) is 6.66. The minimum absolute atomic E-state index is 0.00495. The van der Waals surface area contributed by atoms with Crippen LogP contribution < -0.4 is 10.6 Å². The highest BCUT2D eigenvalue weighted by Gasteiger charge is 2.23. The highest BCUT2D eigenvalue weighted by Crippen LogP contribution is 2.21. The molecule has 2 aromatic carbocycles. The van der Waals surface area contributed by atoms with Gasteiger partial charge in [0.1, 0.15) is 0 Å². The van der Waals surface area contributed by atoms with Gasteiger partial charge in [-0.25, -0.2) is 0 Å². The average Bonchev–Trinajstić information content (AvgIpc) is 2.68. The SMILES string of the molecule is CC(=O)Nc1ccc(CNC(=O)CN2CCO[C@@H](c3ccccc3)C2)cc1. The van der Waals surface area contributed by atoms with Crippen LogP contribution in [0.2, 0.25) is 0 Å². The fourth-order valence-electron chi connectivity index (χ4n) is 3.08. The summed E-state index contributed by atoms with van der Waals surface area (Å²) in [6, 6.07) is 17.5. The zero-order valence-corrected chi connectivity index (χ0v) is 15.5. The molecule has 142 valence electrons. The number of hydrogen-bond acceptors (Lipinski definition) is 4. The minimum Gasteiger partial charge on any atom is -0.371 e. The first kappa shape index (κ1) is 19.1. The third-order valence-electron chi connectivity index (χ3n) is 4.45. The lowest BCUT2D eigenvalue weighted by Crippen LogP contribution is -2.44. The molecule has 27 heavy (non-hydrogen) atoms. The van der Waals surface area contributed by atoms with Crippen LogP contribution in [-0.2, 0) is 20.9 Å². The van der Waals surface area contributed by atoms with Gasteiger partial charge in [0.2, 0.25) is 11.8 Å². The molecule has 0 saturated carbocycles. The van der Waals surface area contributed by atoms with Crippen LogP contribution in [0.15, 0.2) is 54.6 Å². The molecule has 0 unspecified atom stereocenters. The second-order valence-electron chi connectivity index (χ2n) is 6.66. The van der Waals surface area contributed by atoms with Gasteiger partial charge in [0, 0.05) is 32.2 Å². The topological polar surface area (TPSA) is 70.7 Å². The zero-order valence-electron chi connectivity index (χ0n) is 15.5. The number of anilines is 1. The van der Waals surface area contributed by atoms with E-state index in [0.29, 0.717) is 26.2 Å². The predicted octanol–water partition coefficient (Wildman–Crippen LogP) is 2.33. The molecular weight excluding hydrogens is 342 g/mol. The third kappa shape index (κ3) is 5.91. The Morgan fingerprint density at radius 2 is 1.85 bits per heavy atom. The number of nitrogens with zero attached hydrogens (tertiary/aromatic N) is 1. The third-order valence-corrected chi connectivity index (χ3v) is 4.45. The summed E-state index contributed by atoms with van der Waals surface area (Å²) in [5.41, 5.74) is 2.88. The Morgan fingerprint density at radius 1 is 1.11 bits per heavy atom. The molecule has 0 spiro atoms. The van der Waals surface area contributed by atoms with Crippen molar-refractivity contribution in [2.75, 3.05) is 31.6 Å². The lowest BCUT2D eigenvalue weighted by Gasteiger charge is -2.32. The molecule has 1 aliphatic heterocycles. The van der Waals surface area contributed by atoms with E-state index in [-0.39, 0.29) is 17.9 Å². The number of benzene rings is 2. The molecule has 0 radical (unpaired) electrons. The molecule has 0 bridgehead atoms. The standard InChI is InChI=1S/C21H25N3O3/c1-16(25)23-19-9-7-17(8-10-19)13-22-21(26)15-24-11-12-27-20(14-24)18-5-3-2-4-6-18/h2-10,20H,11-15H2,1H3,(H,22,26)(H,23,25)/t20-/m1/s1. The highest BCUT2D eigenvalue weighted by atomic mass is 16.5. The van der Waals surface area contributed by atoms with Gasteiger partial charge in [0.15, 0.2) is 0 Å². The molecule has 2 amide bonds. The van der Waals surface area contributed by atoms with E-state index < -0.39 is 0 Å². The van der Waals surface area contributed by atoms with Crippen LogP contribution in [0.4, 0.5) is 5.69 Å². The Kier molecular flexibility index (Phi) is 6.57. The van der Waals surface area contributed by atoms with Crippen molar-refractivity contribution >= 4 is 17.5 Å². The highest BCUT2D eigenvalue weighted by molar-refractivity contribution is 5.88. The smallest absolute Gasteiger partial charge is 0.234 e. The first-order chi connectivity index (χ1) is 13.1. The molecule has 0 aliphatic carbocycles. The van der Waals surface area contributed by atoms with Crippen molar-refractivity contribution in [1.82, 2.24) is 10.2 Å². The molecule has 1 atom stereocenters. The van der Waals surface area contributed by atoms with E-state index in [0.717, 1.165) is 23.4 Å². The summed E-state index contributed by atoms with van der Waals surface area (Å²) in [7, 11) is 0. The predicted molar refractivity (Wildman–Crippen MR) is 104 cm³/mol. The molecule has 1 heterocycles. The Morgan fingerprint density at radius 3 is 2.56 bits per heavy atom. The van der Waals surface area contributed by atoms with Gasteiger partial charge in [0.05, 0.1) is 19.3 Å². The number of carbonyl (C=O) groups excluding carboxylic acids is 2. The normalized spacial score (nSPS) is 17.3. The van der Waals surface area contributed by atoms with Crippen LogP contribution in [-0.4, -0.2) is 43.0 Å². The van der Waals surface area contributed by atoms with Gasteiger partial charge < -0.3 is 15.4 Å². The summed E-state index contributed by atoms with van der Waals surface area (Å²) in [5.74, 6) is -0.106. The number of carbonyl (C=O) groups is 2. The van der Waals surface area contributed by atoms with Crippen LogP contribution in [0.1, 0.15) is 24.2 Å². The van der Waals surface area contributed by atoms with E-state index in [1.165, 1.54) is 6.92 Å². The van der Waals surface area contributed by atoms with Crippen molar-refractivity contribution in [3.8, 4) is 0 Å². The molecule has 6 heteroatoms. The van der Waals surface area contributed by atoms with Crippen LogP contribution >= 0.6 is 0 Å². The largest absolute Gasteiger partial charge is 0.371 e. The Hall–Kier alpha value is -2.70. The number of hydrogen-bond donors (Lipinski definition) is 2. The summed E-state index contributed by atoms with van der Waals surface area (Å²) in [5, 5.41) is 5.68. The summed E-state index contributed by atoms with van der Waals surface area (Å²) >= 11 is 0. The molecule has 3 rings (SSSR count). The van der Waals surface area contributed by atoms with Crippen LogP contribution in [0.3, 0.4) is 0 Å². The van der Waals surface area contributed by atoms with Gasteiger partial charge in [-0.05, 0) is 23.3 Å². The number of ether oxygens (including phenoxy) is 1. The number of amides is 2. The number of nitrogens with one attached hydrogen (secondary N) is 2. The van der Waals surface area contributed by atoms with E-state index in [9.17, 15) is 9.59 Å². The molecule has 0 aromatic heterocycles. The second kappa shape index (κ2) is 9.30. The molecule has 1 fully saturated rings. The number of morpholine rings is 1. The maximum Gasteiger partial charge on any atom is 0.234 e. The molecule has 1 aliphatic rings. The van der Waals surface area contributed by atoms with Crippen molar-refractivity contribution in [3.63, 3.8) is 0 Å². The average molecular weight is 367 g/mol. The Balaban J connectivity index is 1.45. The van der Waals surface area contributed by atoms with Gasteiger partial charge >= 0.3 is 0 Å². The van der Waals surface area contributed by atoms with E-state index in [1.54, 1.807) is 0 Å². The molecule has 6 nitrogen and oxygen atoms in total. The quantitative estimate of drug-likeness (QED) is 0.822. The molecule has 1 saturated heterocycles. The van der Waals surface area contributed by atoms with E-state index >= 15 is 0 Å². The van der Waals surface area contributed by atoms with Crippen molar-refractivity contribution < 1.29 is 14.3 Å². The fourth-order valence-corrected chi connectivity index (χ4v) is 3.08. The monoisotopic (exact) mass is 367 g/mol. The molecular formula is C21H25N3O3. The van der Waals surface area contributed by atoms with Crippen LogP contribution in [0.5, 0.6) is 0 Å². The summed E-state index contributed by atoms with van der Waals surface area (Å²) in [4.78, 5) is 25.4. The van der Waals surface area contributed by atoms with E-state index in [2.05, 4.69) is 27.7 Å². The van der Waals surface area contributed by atoms with Crippen molar-refractivity contribution in [3.05, 3.63) is 65.7 Å². The van der Waals surface area contributed by atoms with Gasteiger partial charge in [0.25, 0.3) is 0 Å². The van der Waals surface area contributed by atoms with E-state index in [4.69, 9.17) is 4.74 Å². The number of rotatable bonds is 6. The maximum atomic E-state index is 12.3. The molecule has 2 aromatic rings. The van der Waals surface area contributed by atoms with Crippen molar-refractivity contribution in [1.29, 1.82) is 0 Å². The lowest BCUT2D eigenvalue weighted by molar-refractivity contribution is -0.124. The van der Waals surface area contributed by atoms with Crippen molar-refractivity contribution in [2.24, 2.45) is 0 Å². The molecule has 2 N–H and O–H groups in total. The first-order valence-corrected chi connectivity index (χ1v) is 9.12. The van der Waals surface area contributed by atoms with Gasteiger partial charge in [-0.15, -0.1) is 0 Å². The van der Waals surface area contributed by atoms with Crippen LogP contribution in [0, 0.1) is 0 Å². The van der Waals surface area contributed by atoms with Gasteiger partial charge in [-0.2, -0.15) is 0 Å². The van der Waals surface area contributed by atoms with Crippen LogP contribution in [0.25, 0.3) is 0 Å². The first-order valence-electron chi connectivity index (χ1n) is 9.12. The maximum absolute atomic E-state index is 12.3. The summed E-state index contributed by atoms with van der Waals surface area (Å²) in [6.07, 6.45) is 0.00840.